The van der Waals surface area contributed by atoms with Gasteiger partial charge in [0.2, 0.25) is 23.6 Å². The van der Waals surface area contributed by atoms with Crippen molar-refractivity contribution in [2.75, 3.05) is 84.6 Å². The van der Waals surface area contributed by atoms with Gasteiger partial charge in [0.25, 0.3) is 0 Å². The van der Waals surface area contributed by atoms with Crippen molar-refractivity contribution in [3.63, 3.8) is 0 Å². The summed E-state index contributed by atoms with van der Waals surface area (Å²) in [5.74, 6) is -2.32. The lowest BCUT2D eigenvalue weighted by Crippen LogP contribution is -2.60. The third-order valence-electron chi connectivity index (χ3n) is 11.5. The molecule has 386 valence electrons. The van der Waals surface area contributed by atoms with E-state index in [1.165, 1.54) is 28.8 Å². The van der Waals surface area contributed by atoms with Crippen LogP contribution < -0.4 is 5.73 Å². The zero-order valence-electron chi connectivity index (χ0n) is 43.8. The minimum absolute atomic E-state index is 0.0149. The molecule has 4 aromatic rings. The fourth-order valence-corrected chi connectivity index (χ4v) is 7.29. The molecule has 0 fully saturated rings. The first-order valence-corrected chi connectivity index (χ1v) is 23.3. The molecule has 0 saturated carbocycles. The van der Waals surface area contributed by atoms with Crippen LogP contribution in [0.4, 0.5) is 22.7 Å². The standard InChI is InChI=1S/C50H71N17O5/c1-34(68)64(10)44(31-36-16-24-40(25-17-36)53-57-61(4)5)48(70)66(12)46(33-38-20-28-42(29-21-38)55-59-63(8)9)50(72)67(13)45(32-37-18-26-41(27-19-37)54-58-62(6)7)49(71)65(11)43(47(51)69)30-35-14-22-39(23-15-35)52-56-60(2)3/h14-29,34,43-46,68H,30-33H2,1-13H3,(H2,51,69)/t34?,43-,44+,45+,46-/m0/s1. The van der Waals surface area contributed by atoms with Crippen LogP contribution in [0.15, 0.2) is 138 Å². The van der Waals surface area contributed by atoms with E-state index in [0.717, 1.165) is 5.56 Å². The number of carbonyl (C=O) groups is 4. The second-order valence-corrected chi connectivity index (χ2v) is 18.2. The Kier molecular flexibility index (Phi) is 21.4. The van der Waals surface area contributed by atoms with E-state index < -0.39 is 54.0 Å². The average molecular weight is 990 g/mol. The van der Waals surface area contributed by atoms with Crippen molar-refractivity contribution in [2.45, 2.75) is 63.0 Å². The van der Waals surface area contributed by atoms with Crippen molar-refractivity contribution < 1.29 is 24.3 Å². The zero-order chi connectivity index (χ0) is 53.2. The Morgan fingerprint density at radius 1 is 0.403 bits per heavy atom. The Hall–Kier alpha value is -7.72. The summed E-state index contributed by atoms with van der Waals surface area (Å²) in [6.45, 7) is 1.56. The summed E-state index contributed by atoms with van der Waals surface area (Å²) in [6, 6.07) is 24.1. The summed E-state index contributed by atoms with van der Waals surface area (Å²) in [6.07, 6.45) is -0.751. The maximum absolute atomic E-state index is 15.4. The zero-order valence-corrected chi connectivity index (χ0v) is 43.8. The van der Waals surface area contributed by atoms with Crippen LogP contribution in [-0.2, 0) is 44.9 Å². The molecule has 0 saturated heterocycles. The minimum atomic E-state index is -1.20. The van der Waals surface area contributed by atoms with E-state index in [9.17, 15) is 9.90 Å². The smallest absolute Gasteiger partial charge is 0.246 e. The van der Waals surface area contributed by atoms with Crippen LogP contribution >= 0.6 is 0 Å². The molecule has 0 heterocycles. The van der Waals surface area contributed by atoms with Crippen LogP contribution in [0.25, 0.3) is 0 Å². The van der Waals surface area contributed by atoms with Gasteiger partial charge in [0.1, 0.15) is 24.4 Å². The van der Waals surface area contributed by atoms with Crippen LogP contribution in [0.2, 0.25) is 0 Å². The summed E-state index contributed by atoms with van der Waals surface area (Å²) in [4.78, 5) is 64.4. The van der Waals surface area contributed by atoms with E-state index in [1.807, 2.05) is 12.1 Å². The maximum Gasteiger partial charge on any atom is 0.246 e. The van der Waals surface area contributed by atoms with E-state index in [1.54, 1.807) is 187 Å². The number of carbonyl (C=O) groups excluding carboxylic acids is 4. The first-order chi connectivity index (χ1) is 34.0. The molecule has 3 N–H and O–H groups in total. The van der Waals surface area contributed by atoms with E-state index in [0.29, 0.717) is 39.4 Å². The second kappa shape index (κ2) is 27.0. The number of rotatable bonds is 25. The summed E-state index contributed by atoms with van der Waals surface area (Å²) in [5, 5.41) is 50.3. The lowest BCUT2D eigenvalue weighted by Gasteiger charge is -2.39. The highest BCUT2D eigenvalue weighted by Gasteiger charge is 2.40. The third kappa shape index (κ3) is 17.3. The van der Waals surface area contributed by atoms with Crippen molar-refractivity contribution in [1.29, 1.82) is 0 Å². The number of aliphatic hydroxyl groups excluding tert-OH is 1. The molecule has 0 aromatic heterocycles. The third-order valence-corrected chi connectivity index (χ3v) is 11.5. The molecular weight excluding hydrogens is 919 g/mol. The first-order valence-electron chi connectivity index (χ1n) is 23.3. The summed E-state index contributed by atoms with van der Waals surface area (Å²) in [7, 11) is 20.2. The summed E-state index contributed by atoms with van der Waals surface area (Å²) >= 11 is 0. The van der Waals surface area contributed by atoms with Crippen LogP contribution in [0.5, 0.6) is 0 Å². The molecule has 0 radical (unpaired) electrons. The van der Waals surface area contributed by atoms with Gasteiger partial charge in [-0.25, -0.2) is 0 Å². The van der Waals surface area contributed by atoms with Gasteiger partial charge >= 0.3 is 0 Å². The molecule has 22 heteroatoms. The van der Waals surface area contributed by atoms with E-state index >= 15 is 14.4 Å². The van der Waals surface area contributed by atoms with Crippen LogP contribution in [0.3, 0.4) is 0 Å². The maximum atomic E-state index is 15.4. The number of hydrogen-bond donors (Lipinski definition) is 2. The van der Waals surface area contributed by atoms with Crippen LogP contribution in [0, 0.1) is 0 Å². The van der Waals surface area contributed by atoms with E-state index in [4.69, 9.17) is 5.73 Å². The summed E-state index contributed by atoms with van der Waals surface area (Å²) < 4.78 is 0. The van der Waals surface area contributed by atoms with Crippen molar-refractivity contribution in [3.8, 4) is 0 Å². The molecule has 5 atom stereocenters. The molecule has 22 nitrogen and oxygen atoms in total. The molecule has 0 aliphatic carbocycles. The Morgan fingerprint density at radius 2 is 0.625 bits per heavy atom. The Bertz CT molecular complexity index is 2500. The fourth-order valence-electron chi connectivity index (χ4n) is 7.29. The molecule has 72 heavy (non-hydrogen) atoms. The number of aliphatic hydroxyl groups is 1. The fraction of sp³-hybridized carbons (Fsp3) is 0.440. The van der Waals surface area contributed by atoms with Crippen LogP contribution in [0.1, 0.15) is 29.2 Å². The van der Waals surface area contributed by atoms with Crippen molar-refractivity contribution in [2.24, 2.45) is 47.1 Å². The number of amides is 4. The lowest BCUT2D eigenvalue weighted by molar-refractivity contribution is -0.153. The van der Waals surface area contributed by atoms with Gasteiger partial charge in [-0.15, -0.1) is 20.5 Å². The van der Waals surface area contributed by atoms with Gasteiger partial charge in [0.05, 0.1) is 28.8 Å². The average Bonchev–Trinajstić information content (AvgIpc) is 3.35. The van der Waals surface area contributed by atoms with Gasteiger partial charge in [-0.1, -0.05) is 69.4 Å². The number of nitrogens with two attached hydrogens (primary N) is 1. The predicted octanol–water partition coefficient (Wildman–Crippen LogP) is 5.80. The largest absolute Gasteiger partial charge is 0.379 e. The molecule has 0 aliphatic rings. The number of primary amides is 1. The topological polar surface area (TPSA) is 239 Å². The molecular formula is C50H71N17O5. The molecule has 4 amide bonds. The van der Waals surface area contributed by atoms with E-state index in [2.05, 4.69) is 41.4 Å². The Balaban J connectivity index is 1.80. The van der Waals surface area contributed by atoms with E-state index in [-0.39, 0.29) is 25.7 Å². The quantitative estimate of drug-likeness (QED) is 0.0459. The second-order valence-electron chi connectivity index (χ2n) is 18.2. The normalized spacial score (nSPS) is 13.8. The highest BCUT2D eigenvalue weighted by molar-refractivity contribution is 5.95. The van der Waals surface area contributed by atoms with Gasteiger partial charge < -0.3 is 25.5 Å². The minimum Gasteiger partial charge on any atom is -0.379 e. The number of likely N-dealkylation sites (N-methyl/N-ethyl adjacent to an activating group) is 4. The molecule has 0 aliphatic heterocycles. The highest BCUT2D eigenvalue weighted by atomic mass is 16.3. The van der Waals surface area contributed by atoms with Crippen molar-refractivity contribution in [1.82, 2.24) is 39.6 Å². The van der Waals surface area contributed by atoms with Crippen molar-refractivity contribution in [3.05, 3.63) is 119 Å². The Labute approximate surface area is 423 Å². The number of hydrogen-bond acceptors (Lipinski definition) is 14. The first kappa shape index (κ1) is 56.9. The van der Waals surface area contributed by atoms with Gasteiger partial charge in [-0.2, -0.15) is 0 Å². The van der Waals surface area contributed by atoms with Gasteiger partial charge in [-0.05, 0) is 91.2 Å². The molecule has 4 aromatic carbocycles. The molecule has 0 bridgehead atoms. The van der Waals surface area contributed by atoms with Gasteiger partial charge in [0, 0.05) is 96.8 Å². The van der Waals surface area contributed by atoms with Gasteiger partial charge in [0.15, 0.2) is 0 Å². The molecule has 4 rings (SSSR count). The number of nitrogens with zero attached hydrogens (tertiary/aromatic N) is 16. The van der Waals surface area contributed by atoms with Gasteiger partial charge in [-0.3, -0.25) is 44.1 Å². The van der Waals surface area contributed by atoms with Crippen LogP contribution in [-0.4, -0.2) is 183 Å². The summed E-state index contributed by atoms with van der Waals surface area (Å²) in [5.41, 5.74) is 11.2. The van der Waals surface area contributed by atoms with Crippen molar-refractivity contribution >= 4 is 46.4 Å². The molecule has 1 unspecified atom stereocenters. The Morgan fingerprint density at radius 3 is 0.861 bits per heavy atom. The number of benzene rings is 4. The SMILES string of the molecule is CC(O)N(C)[C@H](Cc1ccc(N=NN(C)C)cc1)C(=O)N(C)[C@@H](Cc1ccc(N=NN(C)C)cc1)C(=O)N(C)[C@H](Cc1ccc(N=NN(C)C)cc1)C(=O)N(C)[C@@H](Cc1ccc(N=NN(C)C)cc1)C(N)=O. The molecule has 0 spiro atoms. The predicted molar refractivity (Wildman–Crippen MR) is 275 cm³/mol. The lowest BCUT2D eigenvalue weighted by atomic mass is 9.97. The highest BCUT2D eigenvalue weighted by Crippen LogP contribution is 2.25. The monoisotopic (exact) mass is 990 g/mol.